The van der Waals surface area contributed by atoms with Crippen LogP contribution >= 0.6 is 0 Å². The summed E-state index contributed by atoms with van der Waals surface area (Å²) < 4.78 is 130. The van der Waals surface area contributed by atoms with E-state index in [4.69, 9.17) is 18.9 Å². The Hall–Kier alpha value is -0.800. The average Bonchev–Trinajstić information content (AvgIpc) is 2.76. The Bertz CT molecular complexity index is 567. The van der Waals surface area contributed by atoms with Crippen molar-refractivity contribution < 1.29 is 54.1 Å². The lowest BCUT2D eigenvalue weighted by Crippen LogP contribution is -2.71. The zero-order chi connectivity index (χ0) is 25.3. The number of hydrogen-bond donors (Lipinski definition) is 0. The molecule has 0 bridgehead atoms. The Morgan fingerprint density at radius 2 is 0.848 bits per heavy atom. The molecule has 2 aliphatic rings. The summed E-state index contributed by atoms with van der Waals surface area (Å²) in [5.41, 5.74) is -1.36. The Kier molecular flexibility index (Phi) is 8.66. The lowest BCUT2D eigenvalue weighted by atomic mass is 9.89. The molecule has 2 rings (SSSR count). The summed E-state index contributed by atoms with van der Waals surface area (Å²) in [6.07, 6.45) is -17.6. The molecule has 6 nitrogen and oxygen atoms in total. The van der Waals surface area contributed by atoms with Crippen molar-refractivity contribution >= 4 is 0 Å². The van der Waals surface area contributed by atoms with E-state index in [1.807, 2.05) is 0 Å². The summed E-state index contributed by atoms with van der Waals surface area (Å²) in [6, 6.07) is 0. The first kappa shape index (κ1) is 28.4. The lowest BCUT2D eigenvalue weighted by Gasteiger charge is -2.55. The van der Waals surface area contributed by atoms with Crippen LogP contribution in [0.1, 0.15) is 27.7 Å². The van der Waals surface area contributed by atoms with E-state index in [0.717, 1.165) is 9.80 Å². The molecule has 0 amide bonds. The van der Waals surface area contributed by atoms with Crippen LogP contribution in [0.25, 0.3) is 0 Å². The molecule has 0 aliphatic carbocycles. The summed E-state index contributed by atoms with van der Waals surface area (Å²) >= 11 is 0. The fourth-order valence-corrected chi connectivity index (χ4v) is 4.08. The summed E-state index contributed by atoms with van der Waals surface area (Å²) in [5, 5.41) is 0. The van der Waals surface area contributed by atoms with Crippen molar-refractivity contribution in [1.29, 1.82) is 0 Å². The van der Waals surface area contributed by atoms with Gasteiger partial charge in [0, 0.05) is 26.2 Å². The fraction of sp³-hybridized carbons (Fsp3) is 1.00. The summed E-state index contributed by atoms with van der Waals surface area (Å²) in [6.45, 7) is 3.55. The molecule has 2 atom stereocenters. The molecule has 0 unspecified atom stereocenters. The molecular formula is C19H30F8N2O4. The van der Waals surface area contributed by atoms with Crippen LogP contribution in [0.2, 0.25) is 0 Å². The SMILES string of the molecule is CCN(CC)C1([C@H](F)C(F)(F)F)OCC2(CO1)COC([C@@H](F)C(F)(F)F)(N(CC)CC)OC2. The number of nitrogens with zero attached hydrogens (tertiary/aromatic N) is 2. The minimum atomic E-state index is -5.29. The molecule has 2 heterocycles. The van der Waals surface area contributed by atoms with Crippen LogP contribution in [0, 0.1) is 5.41 Å². The van der Waals surface area contributed by atoms with E-state index in [2.05, 4.69) is 0 Å². The van der Waals surface area contributed by atoms with Crippen LogP contribution in [0.4, 0.5) is 35.1 Å². The highest BCUT2D eigenvalue weighted by atomic mass is 19.4. The molecule has 1 spiro atoms. The molecule has 2 fully saturated rings. The molecule has 0 radical (unpaired) electrons. The number of alkyl halides is 8. The number of halogens is 8. The van der Waals surface area contributed by atoms with E-state index >= 15 is 0 Å². The van der Waals surface area contributed by atoms with Crippen molar-refractivity contribution in [2.45, 2.75) is 64.2 Å². The molecular weight excluding hydrogens is 472 g/mol. The minimum absolute atomic E-state index is 0.0345. The van der Waals surface area contributed by atoms with Crippen LogP contribution in [-0.2, 0) is 18.9 Å². The maximum absolute atomic E-state index is 14.5. The van der Waals surface area contributed by atoms with Gasteiger partial charge in [-0.2, -0.15) is 26.3 Å². The van der Waals surface area contributed by atoms with Crippen LogP contribution in [0.15, 0.2) is 0 Å². The second kappa shape index (κ2) is 10.1. The van der Waals surface area contributed by atoms with Crippen LogP contribution in [0.3, 0.4) is 0 Å². The summed E-state index contributed by atoms with van der Waals surface area (Å²) in [7, 11) is 0. The maximum Gasteiger partial charge on any atom is 0.426 e. The second-order valence-electron chi connectivity index (χ2n) is 8.07. The Balaban J connectivity index is 2.27. The van der Waals surface area contributed by atoms with Gasteiger partial charge in [-0.1, -0.05) is 27.7 Å². The minimum Gasteiger partial charge on any atom is -0.334 e. The maximum atomic E-state index is 14.5. The third-order valence-corrected chi connectivity index (χ3v) is 5.96. The van der Waals surface area contributed by atoms with Gasteiger partial charge < -0.3 is 18.9 Å². The zero-order valence-electron chi connectivity index (χ0n) is 18.9. The zero-order valence-corrected chi connectivity index (χ0v) is 18.9. The van der Waals surface area contributed by atoms with Gasteiger partial charge in [-0.25, -0.2) is 8.78 Å². The Morgan fingerprint density at radius 1 is 0.606 bits per heavy atom. The molecule has 33 heavy (non-hydrogen) atoms. The molecule has 0 N–H and O–H groups in total. The van der Waals surface area contributed by atoms with Gasteiger partial charge in [0.05, 0.1) is 31.8 Å². The molecule has 0 aromatic rings. The van der Waals surface area contributed by atoms with Gasteiger partial charge in [0.2, 0.25) is 0 Å². The predicted octanol–water partition coefficient (Wildman–Crippen LogP) is 3.86. The highest BCUT2D eigenvalue weighted by Gasteiger charge is 2.66. The van der Waals surface area contributed by atoms with Gasteiger partial charge >= 0.3 is 12.4 Å². The summed E-state index contributed by atoms with van der Waals surface area (Å²) in [5.74, 6) is -5.54. The van der Waals surface area contributed by atoms with Crippen LogP contribution < -0.4 is 0 Å². The first-order valence-corrected chi connectivity index (χ1v) is 10.7. The Morgan fingerprint density at radius 3 is 1.03 bits per heavy atom. The normalized spacial score (nSPS) is 33.6. The van der Waals surface area contributed by atoms with Gasteiger partial charge in [-0.05, 0) is 0 Å². The van der Waals surface area contributed by atoms with Gasteiger partial charge in [0.25, 0.3) is 24.2 Å². The van der Waals surface area contributed by atoms with Crippen molar-refractivity contribution in [3.8, 4) is 0 Å². The number of ether oxygens (including phenoxy) is 4. The molecule has 0 aromatic heterocycles. The van der Waals surface area contributed by atoms with E-state index in [0.29, 0.717) is 0 Å². The first-order valence-electron chi connectivity index (χ1n) is 10.7. The second-order valence-corrected chi connectivity index (χ2v) is 8.07. The van der Waals surface area contributed by atoms with Crippen molar-refractivity contribution in [2.24, 2.45) is 5.41 Å². The van der Waals surface area contributed by atoms with E-state index < -0.39 is 68.4 Å². The van der Waals surface area contributed by atoms with Gasteiger partial charge in [0.1, 0.15) is 0 Å². The molecule has 14 heteroatoms. The quantitative estimate of drug-likeness (QED) is 0.470. The molecule has 2 aliphatic heterocycles. The summed E-state index contributed by atoms with van der Waals surface area (Å²) in [4.78, 5) is 2.04. The van der Waals surface area contributed by atoms with E-state index in [9.17, 15) is 35.1 Å². The topological polar surface area (TPSA) is 43.4 Å². The largest absolute Gasteiger partial charge is 0.426 e. The molecule has 0 aromatic carbocycles. The van der Waals surface area contributed by atoms with Crippen LogP contribution in [0.5, 0.6) is 0 Å². The van der Waals surface area contributed by atoms with E-state index in [1.165, 1.54) is 27.7 Å². The fourth-order valence-electron chi connectivity index (χ4n) is 4.08. The van der Waals surface area contributed by atoms with Crippen molar-refractivity contribution in [1.82, 2.24) is 9.80 Å². The highest BCUT2D eigenvalue weighted by molar-refractivity contribution is 4.96. The lowest BCUT2D eigenvalue weighted by molar-refractivity contribution is -0.458. The average molecular weight is 502 g/mol. The van der Waals surface area contributed by atoms with Gasteiger partial charge in [0.15, 0.2) is 0 Å². The van der Waals surface area contributed by atoms with Crippen molar-refractivity contribution in [2.75, 3.05) is 52.6 Å². The first-order chi connectivity index (χ1) is 15.2. The highest BCUT2D eigenvalue weighted by Crippen LogP contribution is 2.46. The van der Waals surface area contributed by atoms with Crippen molar-refractivity contribution in [3.05, 3.63) is 0 Å². The standard InChI is InChI=1S/C19H30F8N2O4/c1-5-28(6-2)18(13(20)16(22,23)24)30-9-15(10-31-18)11-32-19(33-12-15,29(7-3)8-4)14(21)17(25,26)27/h13-14H,5-12H2,1-4H3/t13-,14+,15?,18?,19?. The van der Waals surface area contributed by atoms with E-state index in [1.54, 1.807) is 0 Å². The monoisotopic (exact) mass is 502 g/mol. The number of rotatable bonds is 8. The third-order valence-electron chi connectivity index (χ3n) is 5.96. The predicted molar refractivity (Wildman–Crippen MR) is 99.4 cm³/mol. The molecule has 196 valence electrons. The van der Waals surface area contributed by atoms with Gasteiger partial charge in [-0.3, -0.25) is 9.80 Å². The third kappa shape index (κ3) is 5.25. The van der Waals surface area contributed by atoms with Crippen LogP contribution in [-0.4, -0.2) is 98.9 Å². The number of hydrogen-bond acceptors (Lipinski definition) is 6. The van der Waals surface area contributed by atoms with E-state index in [-0.39, 0.29) is 26.2 Å². The molecule has 2 saturated heterocycles. The van der Waals surface area contributed by atoms with Gasteiger partial charge in [-0.15, -0.1) is 0 Å². The smallest absolute Gasteiger partial charge is 0.334 e. The van der Waals surface area contributed by atoms with Crippen molar-refractivity contribution in [3.63, 3.8) is 0 Å². The Labute approximate surface area is 187 Å². The molecule has 0 saturated carbocycles.